The van der Waals surface area contributed by atoms with Crippen molar-refractivity contribution in [1.82, 2.24) is 18.3 Å². The summed E-state index contributed by atoms with van der Waals surface area (Å²) in [6.45, 7) is 4.13. The van der Waals surface area contributed by atoms with E-state index in [-0.39, 0.29) is 0 Å². The fraction of sp³-hybridized carbons (Fsp3) is 0.0588. The zero-order valence-electron chi connectivity index (χ0n) is 46.1. The number of aromatic nitrogens is 4. The number of hydrogen-bond donors (Lipinski definition) is 0. The summed E-state index contributed by atoms with van der Waals surface area (Å²) in [5.41, 5.74) is 9.02. The number of amidine groups is 8. The van der Waals surface area contributed by atoms with Crippen molar-refractivity contribution in [3.8, 4) is 0 Å². The Balaban J connectivity index is 0.911. The van der Waals surface area contributed by atoms with Gasteiger partial charge >= 0.3 is 8.56 Å². The normalized spacial score (nSPS) is 17.6. The molecule has 4 aromatic heterocycles. The molecule has 0 radical (unpaired) electrons. The van der Waals surface area contributed by atoms with Crippen LogP contribution in [0.4, 0.5) is 23.3 Å². The molecular formula is C68H40N16O2Si. The van der Waals surface area contributed by atoms with Gasteiger partial charge in [0.05, 0.1) is 0 Å². The summed E-state index contributed by atoms with van der Waals surface area (Å²) >= 11 is 0. The SMILES string of the molecule is C[Si](C)(OC1n2c3c4ccccc4c2N=C2N=C(N=c4c5ccccc5c(n41)=NC1=NC(=N3)c3ccccc31)c1ccccc12)OC1n2c3c4ccccc4c2N=C2N=C(N=c4c5ccccc5c(n41)=NC1=NC(=N3)c3ccccc31)c1ccccc12. The van der Waals surface area contributed by atoms with Crippen molar-refractivity contribution in [2.24, 2.45) is 59.9 Å². The van der Waals surface area contributed by atoms with Crippen molar-refractivity contribution in [3.05, 3.63) is 261 Å². The molecule has 2 unspecified atom stereocenters. The predicted octanol–water partition coefficient (Wildman–Crippen LogP) is 10.8. The molecule has 19 heteroatoms. The van der Waals surface area contributed by atoms with E-state index in [0.29, 0.717) is 91.9 Å². The fourth-order valence-electron chi connectivity index (χ4n) is 13.5. The summed E-state index contributed by atoms with van der Waals surface area (Å²) in [6, 6.07) is 65.2. The van der Waals surface area contributed by atoms with Crippen molar-refractivity contribution in [3.63, 3.8) is 0 Å². The molecule has 0 N–H and O–H groups in total. The van der Waals surface area contributed by atoms with Gasteiger partial charge < -0.3 is 8.85 Å². The molecule has 0 fully saturated rings. The molecule has 2 atom stereocenters. The van der Waals surface area contributed by atoms with Crippen LogP contribution >= 0.6 is 0 Å². The number of nitrogens with zero attached hydrogens (tertiary/aromatic N) is 16. The van der Waals surface area contributed by atoms with Crippen LogP contribution in [-0.2, 0) is 8.85 Å². The Morgan fingerprint density at radius 3 is 0.667 bits per heavy atom. The Hall–Kier alpha value is -11.4. The molecule has 12 bridgehead atoms. The Morgan fingerprint density at radius 2 is 0.437 bits per heavy atom. The maximum absolute atomic E-state index is 8.22. The second-order valence-corrected chi connectivity index (χ2v) is 25.9. The highest BCUT2D eigenvalue weighted by Gasteiger charge is 2.43. The third-order valence-electron chi connectivity index (χ3n) is 17.3. The molecule has 0 amide bonds. The topological polar surface area (TPSA) is 187 Å². The van der Waals surface area contributed by atoms with Crippen LogP contribution in [0.3, 0.4) is 0 Å². The standard InChI is InChI=1S/C68H40N16O2Si/c1-87(2,85-67-81-59-43-27-11-12-28-44(43)61(81)75-53-37-21-5-6-22-38(37)54(70-53)76-62-46-30-14-13-29-45(46)60(82(62)67)74-52-36-20-4-3-19-35(36)51(69-52)73-59)86-68-83-63-47-31-15-16-32-48(47)65(83)79-57-41-25-9-10-26-42(41)58(72-57)80-66-50-34-18-17-33-49(50)64(84(66)68)78-56-40-24-8-7-23-39(40)55(71-56)77-63/h3-34,67-68H,1-2H3. The van der Waals surface area contributed by atoms with Gasteiger partial charge in [-0.25, -0.2) is 59.9 Å². The average molecular weight is 1140 g/mol. The second kappa shape index (κ2) is 16.9. The third-order valence-corrected chi connectivity index (χ3v) is 18.9. The van der Waals surface area contributed by atoms with Gasteiger partial charge in [-0.1, -0.05) is 194 Å². The molecule has 12 aromatic rings. The number of aliphatic imine (C=N–C) groups is 8. The van der Waals surface area contributed by atoms with Crippen molar-refractivity contribution in [2.75, 3.05) is 0 Å². The van der Waals surface area contributed by atoms with Gasteiger partial charge in [0.2, 0.25) is 12.7 Å². The van der Waals surface area contributed by atoms with Crippen LogP contribution in [0, 0.1) is 0 Å². The first-order valence-electron chi connectivity index (χ1n) is 28.7. The summed E-state index contributed by atoms with van der Waals surface area (Å²) in [5.74, 6) is 6.28. The van der Waals surface area contributed by atoms with E-state index in [4.69, 9.17) is 68.8 Å². The van der Waals surface area contributed by atoms with Crippen LogP contribution < -0.4 is 22.0 Å². The lowest BCUT2D eigenvalue weighted by Crippen LogP contribution is -2.49. The highest BCUT2D eigenvalue weighted by molar-refractivity contribution is 6.64. The van der Waals surface area contributed by atoms with Gasteiger partial charge in [0.15, 0.2) is 46.7 Å². The molecule has 87 heavy (non-hydrogen) atoms. The number of rotatable bonds is 4. The van der Waals surface area contributed by atoms with Crippen molar-refractivity contribution in [2.45, 2.75) is 25.8 Å². The first-order chi connectivity index (χ1) is 42.9. The zero-order valence-corrected chi connectivity index (χ0v) is 47.1. The molecule has 8 aliphatic rings. The quantitative estimate of drug-likeness (QED) is 0.159. The summed E-state index contributed by atoms with van der Waals surface area (Å²) in [6.07, 6.45) is -2.30. The highest BCUT2D eigenvalue weighted by atomic mass is 28.4. The molecule has 8 aromatic carbocycles. The fourth-order valence-corrected chi connectivity index (χ4v) is 15.0. The molecule has 0 aliphatic carbocycles. The highest BCUT2D eigenvalue weighted by Crippen LogP contribution is 2.47. The van der Waals surface area contributed by atoms with Gasteiger partial charge in [0, 0.05) is 87.6 Å². The summed E-state index contributed by atoms with van der Waals surface area (Å²) in [7, 11) is -3.90. The summed E-state index contributed by atoms with van der Waals surface area (Å²) < 4.78 is 24.7. The third kappa shape index (κ3) is 6.47. The molecule has 0 saturated carbocycles. The van der Waals surface area contributed by atoms with Crippen LogP contribution in [-0.4, -0.2) is 73.5 Å². The molecule has 8 aliphatic heterocycles. The second-order valence-electron chi connectivity index (χ2n) is 22.7. The van der Waals surface area contributed by atoms with Crippen LogP contribution in [0.15, 0.2) is 254 Å². The number of hydrogen-bond acceptors (Lipinski definition) is 14. The molecule has 18 nitrogen and oxygen atoms in total. The Morgan fingerprint density at radius 1 is 0.241 bits per heavy atom. The lowest BCUT2D eigenvalue weighted by atomic mass is 10.1. The van der Waals surface area contributed by atoms with E-state index in [9.17, 15) is 0 Å². The summed E-state index contributed by atoms with van der Waals surface area (Å²) in [4.78, 5) is 66.0. The van der Waals surface area contributed by atoms with Gasteiger partial charge in [0.1, 0.15) is 45.2 Å². The van der Waals surface area contributed by atoms with E-state index in [1.54, 1.807) is 0 Å². The molecule has 0 saturated heterocycles. The van der Waals surface area contributed by atoms with Crippen molar-refractivity contribution in [1.29, 1.82) is 0 Å². The molecular weight excluding hydrogens is 1100 g/mol. The molecule has 408 valence electrons. The summed E-state index contributed by atoms with van der Waals surface area (Å²) in [5, 5.41) is 6.60. The maximum atomic E-state index is 8.22. The number of benzene rings is 8. The Bertz CT molecular complexity index is 5160. The number of fused-ring (bicyclic) bond motifs is 28. The maximum Gasteiger partial charge on any atom is 0.337 e. The first kappa shape index (κ1) is 47.0. The molecule has 12 heterocycles. The van der Waals surface area contributed by atoms with Gasteiger partial charge in [-0.3, -0.25) is 18.3 Å². The van der Waals surface area contributed by atoms with Gasteiger partial charge in [-0.05, 0) is 13.1 Å². The van der Waals surface area contributed by atoms with E-state index in [1.807, 2.05) is 146 Å². The van der Waals surface area contributed by atoms with Gasteiger partial charge in [-0.15, -0.1) is 0 Å². The van der Waals surface area contributed by atoms with Crippen molar-refractivity contribution < 1.29 is 8.85 Å². The van der Waals surface area contributed by atoms with Crippen molar-refractivity contribution >= 4 is 122 Å². The van der Waals surface area contributed by atoms with E-state index in [2.05, 4.69) is 79.9 Å². The van der Waals surface area contributed by atoms with E-state index < -0.39 is 21.3 Å². The van der Waals surface area contributed by atoms with Crippen LogP contribution in [0.5, 0.6) is 0 Å². The smallest absolute Gasteiger partial charge is 0.337 e. The molecule has 20 rings (SSSR count). The first-order valence-corrected chi connectivity index (χ1v) is 31.5. The Kier molecular flexibility index (Phi) is 9.14. The van der Waals surface area contributed by atoms with Crippen LogP contribution in [0.1, 0.15) is 57.2 Å². The zero-order chi connectivity index (χ0) is 57.0. The lowest BCUT2D eigenvalue weighted by molar-refractivity contribution is 0.000114. The predicted molar refractivity (Wildman–Crippen MR) is 338 cm³/mol. The minimum absolute atomic E-state index is 0.506. The van der Waals surface area contributed by atoms with E-state index in [1.165, 1.54) is 0 Å². The largest absolute Gasteiger partial charge is 0.355 e. The minimum atomic E-state index is -3.90. The lowest BCUT2D eigenvalue weighted by Gasteiger charge is -2.35. The Labute approximate surface area is 492 Å². The van der Waals surface area contributed by atoms with Gasteiger partial charge in [0.25, 0.3) is 0 Å². The van der Waals surface area contributed by atoms with Gasteiger partial charge in [-0.2, -0.15) is 0 Å². The van der Waals surface area contributed by atoms with E-state index >= 15 is 0 Å². The van der Waals surface area contributed by atoms with E-state index in [0.717, 1.165) is 87.6 Å². The van der Waals surface area contributed by atoms with Crippen LogP contribution in [0.2, 0.25) is 13.1 Å². The minimum Gasteiger partial charge on any atom is -0.355 e. The monoisotopic (exact) mass is 1140 g/mol. The van der Waals surface area contributed by atoms with Crippen LogP contribution in [0.25, 0.3) is 43.1 Å². The molecule has 0 spiro atoms. The average Bonchev–Trinajstić information content (AvgIpc) is 1.63.